The fraction of sp³-hybridized carbons (Fsp3) is 0.529. The highest BCUT2D eigenvalue weighted by molar-refractivity contribution is 5.79. The van der Waals surface area contributed by atoms with Gasteiger partial charge in [-0.25, -0.2) is 0 Å². The zero-order chi connectivity index (χ0) is 28.9. The summed E-state index contributed by atoms with van der Waals surface area (Å²) in [7, 11) is 4.94. The highest BCUT2D eigenvalue weighted by Gasteiger charge is 2.31. The molecule has 40 heavy (non-hydrogen) atoms. The Morgan fingerprint density at radius 2 is 1.65 bits per heavy atom. The molecule has 0 saturated heterocycles. The maximum absolute atomic E-state index is 6.46. The topological polar surface area (TPSA) is 55.4 Å². The summed E-state index contributed by atoms with van der Waals surface area (Å²) in [5.74, 6) is 2.89. The Bertz CT molecular complexity index is 1110. The molecule has 0 N–H and O–H groups in total. The summed E-state index contributed by atoms with van der Waals surface area (Å²) in [4.78, 5) is 0. The van der Waals surface area contributed by atoms with E-state index < -0.39 is 0 Å². The number of aryl methyl sites for hydroxylation is 1. The van der Waals surface area contributed by atoms with Gasteiger partial charge >= 0.3 is 0 Å². The first-order valence-electron chi connectivity index (χ1n) is 14.3. The van der Waals surface area contributed by atoms with Crippen LogP contribution in [0, 0.1) is 11.8 Å². The highest BCUT2D eigenvalue weighted by Crippen LogP contribution is 2.48. The number of benzene rings is 2. The summed E-state index contributed by atoms with van der Waals surface area (Å²) in [6, 6.07) is 10.8. The summed E-state index contributed by atoms with van der Waals surface area (Å²) in [5, 5.41) is 0. The van der Waals surface area contributed by atoms with Crippen LogP contribution in [0.5, 0.6) is 11.5 Å². The summed E-state index contributed by atoms with van der Waals surface area (Å²) in [6.07, 6.45) is 9.19. The van der Waals surface area contributed by atoms with Gasteiger partial charge in [0.25, 0.3) is 0 Å². The maximum atomic E-state index is 6.46. The molecule has 0 radical (unpaired) electrons. The molecular weight excluding hydrogens is 504 g/mol. The maximum Gasteiger partial charge on any atom is 0.188 e. The van der Waals surface area contributed by atoms with Crippen LogP contribution in [0.3, 0.4) is 0 Å². The predicted molar refractivity (Wildman–Crippen MR) is 161 cm³/mol. The van der Waals surface area contributed by atoms with Crippen LogP contribution in [0.4, 0.5) is 0 Å². The lowest BCUT2D eigenvalue weighted by Crippen LogP contribution is -2.22. The molecule has 0 heterocycles. The Labute approximate surface area is 241 Å². The highest BCUT2D eigenvalue weighted by atomic mass is 16.7. The lowest BCUT2D eigenvalue weighted by atomic mass is 9.71. The van der Waals surface area contributed by atoms with Crippen LogP contribution >= 0.6 is 0 Å². The average molecular weight is 553 g/mol. The molecule has 0 aliphatic heterocycles. The number of allylic oxidation sites excluding steroid dienone is 3. The second-order valence-corrected chi connectivity index (χ2v) is 10.9. The number of rotatable bonds is 17. The molecule has 6 nitrogen and oxygen atoms in total. The normalized spacial score (nSPS) is 17.1. The van der Waals surface area contributed by atoms with Crippen molar-refractivity contribution in [3.05, 3.63) is 71.3 Å². The first-order chi connectivity index (χ1) is 19.4. The van der Waals surface area contributed by atoms with E-state index in [0.29, 0.717) is 25.2 Å². The van der Waals surface area contributed by atoms with Gasteiger partial charge in [0.05, 0.1) is 0 Å². The van der Waals surface area contributed by atoms with Crippen molar-refractivity contribution in [2.24, 2.45) is 11.8 Å². The molecule has 0 bridgehead atoms. The van der Waals surface area contributed by atoms with Gasteiger partial charge < -0.3 is 28.4 Å². The minimum absolute atomic E-state index is 0.158. The molecule has 2 aromatic carbocycles. The van der Waals surface area contributed by atoms with Crippen molar-refractivity contribution < 1.29 is 28.4 Å². The molecular formula is C34H48O6. The smallest absolute Gasteiger partial charge is 0.188 e. The first-order valence-corrected chi connectivity index (χ1v) is 14.3. The van der Waals surface area contributed by atoms with Gasteiger partial charge in [-0.2, -0.15) is 0 Å². The van der Waals surface area contributed by atoms with Crippen molar-refractivity contribution in [3.63, 3.8) is 0 Å². The molecule has 0 amide bonds. The fourth-order valence-electron chi connectivity index (χ4n) is 5.59. The SMILES string of the molecule is C=CCc1ccc(OCOC)c(-c2cc(CCCOCOC)cc([C@@H]3C=C(C)CCC3C(C)C)c2OCOC)c1. The lowest BCUT2D eigenvalue weighted by molar-refractivity contribution is -0.0310. The number of ether oxygens (including phenoxy) is 6. The zero-order valence-corrected chi connectivity index (χ0v) is 25.3. The second-order valence-electron chi connectivity index (χ2n) is 10.9. The molecule has 0 spiro atoms. The van der Waals surface area contributed by atoms with Crippen LogP contribution in [0.15, 0.2) is 54.6 Å². The zero-order valence-electron chi connectivity index (χ0n) is 25.3. The van der Waals surface area contributed by atoms with Crippen LogP contribution in [-0.4, -0.2) is 48.3 Å². The summed E-state index contributed by atoms with van der Waals surface area (Å²) in [6.45, 7) is 12.1. The molecule has 0 aromatic heterocycles. The van der Waals surface area contributed by atoms with Crippen molar-refractivity contribution in [2.45, 2.75) is 58.8 Å². The van der Waals surface area contributed by atoms with E-state index in [-0.39, 0.29) is 19.5 Å². The van der Waals surface area contributed by atoms with Gasteiger partial charge in [-0.15, -0.1) is 6.58 Å². The standard InChI is InChI=1S/C34H48O6/c1-8-10-26-13-15-33(39-22-36-6)30(18-26)32-20-27(11-9-16-38-21-35-5)19-31(34(32)40-23-37-7)29-17-25(4)12-14-28(29)24(2)3/h8,13,15,17-20,24,28-29H,1,9-12,14,16,21-23H2,2-7H3/t28?,29-/m1/s1. The first kappa shape index (κ1) is 31.9. The van der Waals surface area contributed by atoms with Crippen molar-refractivity contribution in [3.8, 4) is 22.6 Å². The van der Waals surface area contributed by atoms with Crippen LogP contribution in [-0.2, 0) is 31.8 Å². The summed E-state index contributed by atoms with van der Waals surface area (Å²) < 4.78 is 33.9. The van der Waals surface area contributed by atoms with Crippen LogP contribution in [0.2, 0.25) is 0 Å². The molecule has 0 saturated carbocycles. The van der Waals surface area contributed by atoms with Crippen LogP contribution in [0.25, 0.3) is 11.1 Å². The molecule has 1 aliphatic rings. The molecule has 0 fully saturated rings. The third kappa shape index (κ3) is 8.68. The minimum Gasteiger partial charge on any atom is -0.467 e. The Hall–Kier alpha value is -2.64. The molecule has 2 atom stereocenters. The van der Waals surface area contributed by atoms with E-state index in [1.54, 1.807) is 21.3 Å². The molecule has 6 heteroatoms. The number of hydrogen-bond acceptors (Lipinski definition) is 6. The molecule has 2 aromatic rings. The van der Waals surface area contributed by atoms with Crippen molar-refractivity contribution in [1.82, 2.24) is 0 Å². The van der Waals surface area contributed by atoms with E-state index >= 15 is 0 Å². The lowest BCUT2D eigenvalue weighted by Gasteiger charge is -2.34. The predicted octanol–water partition coefficient (Wildman–Crippen LogP) is 7.70. The fourth-order valence-corrected chi connectivity index (χ4v) is 5.59. The Morgan fingerprint density at radius 1 is 0.925 bits per heavy atom. The average Bonchev–Trinajstić information content (AvgIpc) is 2.95. The van der Waals surface area contributed by atoms with E-state index in [0.717, 1.165) is 60.3 Å². The van der Waals surface area contributed by atoms with E-state index in [9.17, 15) is 0 Å². The number of methoxy groups -OCH3 is 3. The summed E-state index contributed by atoms with van der Waals surface area (Å²) >= 11 is 0. The van der Waals surface area contributed by atoms with E-state index in [1.807, 2.05) is 12.1 Å². The largest absolute Gasteiger partial charge is 0.467 e. The van der Waals surface area contributed by atoms with Gasteiger partial charge in [0.2, 0.25) is 0 Å². The van der Waals surface area contributed by atoms with Gasteiger partial charge in [0.1, 0.15) is 18.3 Å². The Kier molecular flexibility index (Phi) is 13.2. The van der Waals surface area contributed by atoms with Gasteiger partial charge in [0.15, 0.2) is 13.6 Å². The van der Waals surface area contributed by atoms with Gasteiger partial charge in [-0.05, 0) is 80.2 Å². The third-order valence-corrected chi connectivity index (χ3v) is 7.51. The van der Waals surface area contributed by atoms with Crippen molar-refractivity contribution in [1.29, 1.82) is 0 Å². The molecule has 1 aliphatic carbocycles. The van der Waals surface area contributed by atoms with E-state index in [1.165, 1.54) is 16.7 Å². The van der Waals surface area contributed by atoms with Crippen LogP contribution in [0.1, 0.15) is 62.6 Å². The van der Waals surface area contributed by atoms with Crippen molar-refractivity contribution in [2.75, 3.05) is 48.3 Å². The Balaban J connectivity index is 2.25. The van der Waals surface area contributed by atoms with E-state index in [4.69, 9.17) is 28.4 Å². The van der Waals surface area contributed by atoms with Crippen LogP contribution < -0.4 is 9.47 Å². The number of hydrogen-bond donors (Lipinski definition) is 0. The monoisotopic (exact) mass is 552 g/mol. The van der Waals surface area contributed by atoms with Gasteiger partial charge in [-0.3, -0.25) is 0 Å². The molecule has 220 valence electrons. The third-order valence-electron chi connectivity index (χ3n) is 7.51. The minimum atomic E-state index is 0.158. The van der Waals surface area contributed by atoms with Crippen molar-refractivity contribution >= 4 is 0 Å². The van der Waals surface area contributed by atoms with Gasteiger partial charge in [0, 0.05) is 50.5 Å². The second kappa shape index (κ2) is 16.6. The molecule has 3 rings (SSSR count). The van der Waals surface area contributed by atoms with E-state index in [2.05, 4.69) is 57.7 Å². The summed E-state index contributed by atoms with van der Waals surface area (Å²) in [5.41, 5.74) is 6.99. The quantitative estimate of drug-likeness (QED) is 0.114. The molecule has 1 unspecified atom stereocenters. The Morgan fingerprint density at radius 3 is 2.35 bits per heavy atom. The van der Waals surface area contributed by atoms with Gasteiger partial charge in [-0.1, -0.05) is 43.7 Å².